The molecule has 2 heteroatoms. The second-order valence-corrected chi connectivity index (χ2v) is 3.70. The lowest BCUT2D eigenvalue weighted by atomic mass is 9.82. The van der Waals surface area contributed by atoms with Crippen molar-refractivity contribution in [1.29, 1.82) is 0 Å². The quantitative estimate of drug-likeness (QED) is 0.587. The zero-order valence-corrected chi connectivity index (χ0v) is 7.19. The summed E-state index contributed by atoms with van der Waals surface area (Å²) in [6.07, 6.45) is 4.97. The maximum absolute atomic E-state index is 9.82. The van der Waals surface area contributed by atoms with Gasteiger partial charge in [-0.3, -0.25) is 0 Å². The lowest BCUT2D eigenvalue weighted by molar-refractivity contribution is 0.00492. The Morgan fingerprint density at radius 3 is 2.70 bits per heavy atom. The maximum Gasteiger partial charge on any atom is 0.0808 e. The monoisotopic (exact) mass is 162 g/mol. The Balaban J connectivity index is 2.54. The van der Waals surface area contributed by atoms with E-state index in [-0.39, 0.29) is 5.38 Å². The van der Waals surface area contributed by atoms with E-state index in [1.807, 2.05) is 6.92 Å². The summed E-state index contributed by atoms with van der Waals surface area (Å²) in [5.41, 5.74) is -0.556. The molecule has 0 saturated heterocycles. The van der Waals surface area contributed by atoms with Gasteiger partial charge in [0.25, 0.3) is 0 Å². The van der Waals surface area contributed by atoms with Gasteiger partial charge in [0.1, 0.15) is 0 Å². The third-order valence-corrected chi connectivity index (χ3v) is 3.14. The minimum atomic E-state index is -0.556. The van der Waals surface area contributed by atoms with Crippen LogP contribution < -0.4 is 0 Å². The van der Waals surface area contributed by atoms with Crippen molar-refractivity contribution < 1.29 is 5.11 Å². The topological polar surface area (TPSA) is 20.2 Å². The van der Waals surface area contributed by atoms with E-state index >= 15 is 0 Å². The number of aliphatic hydroxyl groups is 1. The zero-order valence-electron chi connectivity index (χ0n) is 6.44. The van der Waals surface area contributed by atoms with Gasteiger partial charge < -0.3 is 5.11 Å². The van der Waals surface area contributed by atoms with Crippen molar-refractivity contribution >= 4 is 11.6 Å². The Morgan fingerprint density at radius 1 is 1.60 bits per heavy atom. The summed E-state index contributed by atoms with van der Waals surface area (Å²) in [5.74, 6) is 0. The summed E-state index contributed by atoms with van der Waals surface area (Å²) in [7, 11) is 0. The molecule has 0 aromatic carbocycles. The molecule has 0 bridgehead atoms. The van der Waals surface area contributed by atoms with Gasteiger partial charge in [0, 0.05) is 0 Å². The van der Waals surface area contributed by atoms with Crippen molar-refractivity contribution in [2.45, 2.75) is 50.0 Å². The molecule has 0 aromatic heterocycles. The Kier molecular flexibility index (Phi) is 2.59. The fourth-order valence-electron chi connectivity index (χ4n) is 1.58. The van der Waals surface area contributed by atoms with E-state index in [0.717, 1.165) is 25.7 Å². The van der Waals surface area contributed by atoms with Gasteiger partial charge in [0.2, 0.25) is 0 Å². The summed E-state index contributed by atoms with van der Waals surface area (Å²) in [6.45, 7) is 2.00. The third-order valence-electron chi connectivity index (χ3n) is 2.51. The predicted octanol–water partition coefficient (Wildman–Crippen LogP) is 2.31. The van der Waals surface area contributed by atoms with E-state index in [2.05, 4.69) is 0 Å². The largest absolute Gasteiger partial charge is 0.388 e. The van der Waals surface area contributed by atoms with Gasteiger partial charge in [0.15, 0.2) is 0 Å². The highest BCUT2D eigenvalue weighted by molar-refractivity contribution is 6.21. The predicted molar refractivity (Wildman–Crippen MR) is 43.3 cm³/mol. The number of hydrogen-bond donors (Lipinski definition) is 1. The number of rotatable bonds is 1. The summed E-state index contributed by atoms with van der Waals surface area (Å²) in [4.78, 5) is 0. The standard InChI is InChI=1S/C8H15ClO/c1-2-8(10)6-4-3-5-7(8)9/h7,10H,2-6H2,1H3. The highest BCUT2D eigenvalue weighted by Crippen LogP contribution is 2.34. The minimum absolute atomic E-state index is 0.00810. The van der Waals surface area contributed by atoms with Crippen molar-refractivity contribution in [2.24, 2.45) is 0 Å². The lowest BCUT2D eigenvalue weighted by Crippen LogP contribution is -2.40. The van der Waals surface area contributed by atoms with Crippen LogP contribution in [0, 0.1) is 0 Å². The molecule has 0 amide bonds. The van der Waals surface area contributed by atoms with Crippen LogP contribution in [0.25, 0.3) is 0 Å². The number of hydrogen-bond acceptors (Lipinski definition) is 1. The van der Waals surface area contributed by atoms with Crippen molar-refractivity contribution in [3.63, 3.8) is 0 Å². The van der Waals surface area contributed by atoms with Gasteiger partial charge in [-0.2, -0.15) is 0 Å². The summed E-state index contributed by atoms with van der Waals surface area (Å²) in [6, 6.07) is 0. The van der Waals surface area contributed by atoms with Crippen LogP contribution in [-0.2, 0) is 0 Å². The average Bonchev–Trinajstić information content (AvgIpc) is 1.96. The van der Waals surface area contributed by atoms with E-state index in [9.17, 15) is 5.11 Å². The fourth-order valence-corrected chi connectivity index (χ4v) is 2.00. The first kappa shape index (κ1) is 8.35. The van der Waals surface area contributed by atoms with Gasteiger partial charge in [-0.15, -0.1) is 11.6 Å². The summed E-state index contributed by atoms with van der Waals surface area (Å²) >= 11 is 5.97. The Bertz CT molecular complexity index is 116. The fraction of sp³-hybridized carbons (Fsp3) is 1.00. The normalized spacial score (nSPS) is 41.7. The molecular formula is C8H15ClO. The van der Waals surface area contributed by atoms with E-state index < -0.39 is 5.60 Å². The molecule has 1 nitrogen and oxygen atoms in total. The molecule has 0 heterocycles. The van der Waals surface area contributed by atoms with Gasteiger partial charge in [0.05, 0.1) is 11.0 Å². The molecule has 1 aliphatic rings. The van der Waals surface area contributed by atoms with Crippen LogP contribution >= 0.6 is 11.6 Å². The molecule has 0 aromatic rings. The van der Waals surface area contributed by atoms with Gasteiger partial charge >= 0.3 is 0 Å². The minimum Gasteiger partial charge on any atom is -0.388 e. The van der Waals surface area contributed by atoms with Crippen LogP contribution in [0.15, 0.2) is 0 Å². The van der Waals surface area contributed by atoms with Crippen molar-refractivity contribution in [1.82, 2.24) is 0 Å². The highest BCUT2D eigenvalue weighted by Gasteiger charge is 2.35. The highest BCUT2D eigenvalue weighted by atomic mass is 35.5. The molecule has 2 unspecified atom stereocenters. The summed E-state index contributed by atoms with van der Waals surface area (Å²) in [5, 5.41) is 9.81. The van der Waals surface area contributed by atoms with Crippen LogP contribution in [0.1, 0.15) is 39.0 Å². The molecule has 60 valence electrons. The van der Waals surface area contributed by atoms with E-state index in [0.29, 0.717) is 0 Å². The maximum atomic E-state index is 9.82. The van der Waals surface area contributed by atoms with Crippen LogP contribution in [0.5, 0.6) is 0 Å². The Hall–Kier alpha value is 0.250. The molecule has 0 radical (unpaired) electrons. The lowest BCUT2D eigenvalue weighted by Gasteiger charge is -2.35. The van der Waals surface area contributed by atoms with E-state index in [4.69, 9.17) is 11.6 Å². The second kappa shape index (κ2) is 3.10. The first-order valence-electron chi connectivity index (χ1n) is 4.05. The first-order chi connectivity index (χ1) is 4.69. The first-order valence-corrected chi connectivity index (χ1v) is 4.49. The molecular weight excluding hydrogens is 148 g/mol. The summed E-state index contributed by atoms with van der Waals surface area (Å²) < 4.78 is 0. The Morgan fingerprint density at radius 2 is 2.30 bits per heavy atom. The van der Waals surface area contributed by atoms with Crippen LogP contribution in [0.2, 0.25) is 0 Å². The molecule has 10 heavy (non-hydrogen) atoms. The average molecular weight is 163 g/mol. The SMILES string of the molecule is CCC1(O)CCCCC1Cl. The molecule has 1 N–H and O–H groups in total. The number of alkyl halides is 1. The van der Waals surface area contributed by atoms with Gasteiger partial charge in [-0.05, 0) is 19.3 Å². The van der Waals surface area contributed by atoms with E-state index in [1.165, 1.54) is 6.42 Å². The molecule has 0 aliphatic heterocycles. The van der Waals surface area contributed by atoms with Crippen molar-refractivity contribution in [3.05, 3.63) is 0 Å². The second-order valence-electron chi connectivity index (χ2n) is 3.17. The molecule has 1 aliphatic carbocycles. The zero-order chi connectivity index (χ0) is 7.61. The van der Waals surface area contributed by atoms with Crippen molar-refractivity contribution in [2.75, 3.05) is 0 Å². The molecule has 1 fully saturated rings. The molecule has 1 saturated carbocycles. The smallest absolute Gasteiger partial charge is 0.0808 e. The Labute approximate surface area is 67.4 Å². The van der Waals surface area contributed by atoms with E-state index in [1.54, 1.807) is 0 Å². The molecule has 0 spiro atoms. The number of halogens is 1. The van der Waals surface area contributed by atoms with Gasteiger partial charge in [-0.25, -0.2) is 0 Å². The molecule has 1 rings (SSSR count). The third kappa shape index (κ3) is 1.46. The molecule has 2 atom stereocenters. The van der Waals surface area contributed by atoms with Crippen LogP contribution in [0.3, 0.4) is 0 Å². The van der Waals surface area contributed by atoms with Crippen molar-refractivity contribution in [3.8, 4) is 0 Å². The van der Waals surface area contributed by atoms with Crippen LogP contribution in [0.4, 0.5) is 0 Å². The van der Waals surface area contributed by atoms with Crippen LogP contribution in [-0.4, -0.2) is 16.1 Å². The van der Waals surface area contributed by atoms with Gasteiger partial charge in [-0.1, -0.05) is 19.8 Å².